The normalized spacial score (nSPS) is 14.9. The van der Waals surface area contributed by atoms with E-state index in [1.807, 2.05) is 32.0 Å². The van der Waals surface area contributed by atoms with E-state index in [1.165, 1.54) is 12.1 Å². The minimum absolute atomic E-state index is 0.157. The molecule has 0 amide bonds. The van der Waals surface area contributed by atoms with Gasteiger partial charge in [-0.15, -0.1) is 0 Å². The van der Waals surface area contributed by atoms with Crippen LogP contribution in [-0.2, 0) is 6.37 Å². The Hall–Kier alpha value is -3.46. The number of hydrogen-bond acceptors (Lipinski definition) is 2. The van der Waals surface area contributed by atoms with Crippen molar-refractivity contribution >= 4 is 21.9 Å². The average Bonchev–Trinajstić information content (AvgIpc) is 3.23. The molecule has 3 aromatic carbocycles. The van der Waals surface area contributed by atoms with E-state index in [0.29, 0.717) is 44.3 Å². The predicted octanol–water partition coefficient (Wildman–Crippen LogP) is 7.96. The Labute approximate surface area is 188 Å². The van der Waals surface area contributed by atoms with Crippen LogP contribution in [-0.4, -0.2) is 4.98 Å². The van der Waals surface area contributed by atoms with Crippen LogP contribution >= 0.6 is 0 Å². The molecule has 0 spiro atoms. The van der Waals surface area contributed by atoms with E-state index in [9.17, 15) is 4.39 Å². The van der Waals surface area contributed by atoms with E-state index < -0.39 is 13.2 Å². The molecule has 2 aromatic heterocycles. The summed E-state index contributed by atoms with van der Waals surface area (Å²) in [5.41, 5.74) is 4.01. The van der Waals surface area contributed by atoms with Crippen molar-refractivity contribution in [2.45, 2.75) is 27.1 Å². The third-order valence-corrected chi connectivity index (χ3v) is 5.29. The summed E-state index contributed by atoms with van der Waals surface area (Å²) in [6.45, 7) is 1.25. The fourth-order valence-corrected chi connectivity index (χ4v) is 3.96. The summed E-state index contributed by atoms with van der Waals surface area (Å²) < 4.78 is 61.3. The first-order valence-corrected chi connectivity index (χ1v) is 10.2. The van der Waals surface area contributed by atoms with Crippen LogP contribution in [0.5, 0.6) is 0 Å². The monoisotopic (exact) mass is 414 g/mol. The Morgan fingerprint density at radius 1 is 1.00 bits per heavy atom. The van der Waals surface area contributed by atoms with Crippen LogP contribution in [0, 0.1) is 18.6 Å². The SMILES string of the molecule is [2H]C([2H])([2H])c1ccc(-c2cc(C([2H])([2H])C(C)C)ccn2)c2oc3c(-c4ccc(F)cc4)cccc3c12. The summed E-state index contributed by atoms with van der Waals surface area (Å²) >= 11 is 0. The molecule has 0 aliphatic rings. The summed E-state index contributed by atoms with van der Waals surface area (Å²) in [6, 6.07) is 18.1. The van der Waals surface area contributed by atoms with Crippen molar-refractivity contribution in [3.05, 3.63) is 89.9 Å². The molecule has 0 atom stereocenters. The zero-order valence-corrected chi connectivity index (χ0v) is 17.2. The number of pyridine rings is 1. The van der Waals surface area contributed by atoms with Crippen LogP contribution in [0.2, 0.25) is 0 Å². The number of halogens is 1. The quantitative estimate of drug-likeness (QED) is 0.298. The molecule has 5 aromatic rings. The molecule has 2 heterocycles. The molecule has 0 radical (unpaired) electrons. The fraction of sp³-hybridized carbons (Fsp3) is 0.179. The van der Waals surface area contributed by atoms with Crippen molar-refractivity contribution in [2.75, 3.05) is 0 Å². The molecule has 5 rings (SSSR count). The maximum absolute atomic E-state index is 13.6. The van der Waals surface area contributed by atoms with E-state index in [0.717, 1.165) is 5.56 Å². The van der Waals surface area contributed by atoms with Crippen LogP contribution in [0.25, 0.3) is 44.3 Å². The van der Waals surface area contributed by atoms with Crippen LogP contribution in [0.3, 0.4) is 0 Å². The molecular formula is C28H24FNO. The van der Waals surface area contributed by atoms with E-state index in [1.54, 1.807) is 42.6 Å². The van der Waals surface area contributed by atoms with Crippen LogP contribution in [0.1, 0.15) is 31.8 Å². The number of aromatic nitrogens is 1. The Morgan fingerprint density at radius 2 is 1.84 bits per heavy atom. The summed E-state index contributed by atoms with van der Waals surface area (Å²) in [4.78, 5) is 4.48. The fourth-order valence-electron chi connectivity index (χ4n) is 3.96. The van der Waals surface area contributed by atoms with Crippen molar-refractivity contribution in [3.8, 4) is 22.4 Å². The van der Waals surface area contributed by atoms with Gasteiger partial charge in [-0.25, -0.2) is 4.39 Å². The van der Waals surface area contributed by atoms with Crippen molar-refractivity contribution < 1.29 is 15.7 Å². The minimum atomic E-state index is -2.39. The summed E-state index contributed by atoms with van der Waals surface area (Å²) in [5.74, 6) is -0.607. The van der Waals surface area contributed by atoms with Crippen LogP contribution in [0.15, 0.2) is 77.3 Å². The highest BCUT2D eigenvalue weighted by molar-refractivity contribution is 6.14. The minimum Gasteiger partial charge on any atom is -0.455 e. The number of fused-ring (bicyclic) bond motifs is 3. The summed E-state index contributed by atoms with van der Waals surface area (Å²) in [5, 5.41) is 1.10. The Kier molecular flexibility index (Phi) is 3.59. The second-order valence-electron chi connectivity index (χ2n) is 7.88. The van der Waals surface area contributed by atoms with E-state index in [-0.39, 0.29) is 17.3 Å². The highest BCUT2D eigenvalue weighted by Gasteiger charge is 2.18. The van der Waals surface area contributed by atoms with Crippen LogP contribution in [0.4, 0.5) is 4.39 Å². The molecule has 3 heteroatoms. The lowest BCUT2D eigenvalue weighted by Crippen LogP contribution is -1.95. The Balaban J connectivity index is 1.83. The first-order valence-electron chi connectivity index (χ1n) is 12.7. The average molecular weight is 415 g/mol. The first-order chi connectivity index (χ1) is 17.0. The van der Waals surface area contributed by atoms with Gasteiger partial charge >= 0.3 is 0 Å². The molecule has 0 aliphatic heterocycles. The standard InChI is InChI=1S/C28H24FNO/c1-17(2)15-19-13-14-30-25(16-19)23-12-7-18(3)26-24-6-4-5-22(27(24)31-28(23)26)20-8-10-21(29)11-9-20/h4-14,16-17H,15H2,1-3H3/i3D3,15D2. The largest absolute Gasteiger partial charge is 0.455 e. The van der Waals surface area contributed by atoms with Gasteiger partial charge in [0.1, 0.15) is 17.0 Å². The van der Waals surface area contributed by atoms with Crippen molar-refractivity contribution in [1.29, 1.82) is 0 Å². The van der Waals surface area contributed by atoms with Gasteiger partial charge in [0, 0.05) is 34.9 Å². The van der Waals surface area contributed by atoms with Gasteiger partial charge < -0.3 is 4.42 Å². The number of rotatable bonds is 4. The maximum atomic E-state index is 13.6. The Morgan fingerprint density at radius 3 is 2.61 bits per heavy atom. The molecule has 2 nitrogen and oxygen atoms in total. The van der Waals surface area contributed by atoms with E-state index >= 15 is 0 Å². The molecule has 31 heavy (non-hydrogen) atoms. The van der Waals surface area contributed by atoms with Crippen molar-refractivity contribution in [3.63, 3.8) is 0 Å². The van der Waals surface area contributed by atoms with E-state index in [2.05, 4.69) is 4.98 Å². The molecule has 0 N–H and O–H groups in total. The lowest BCUT2D eigenvalue weighted by Gasteiger charge is -2.08. The summed E-state index contributed by atoms with van der Waals surface area (Å²) in [7, 11) is 0. The molecule has 0 bridgehead atoms. The second kappa shape index (κ2) is 7.66. The topological polar surface area (TPSA) is 26.0 Å². The molecule has 0 unspecified atom stereocenters. The third kappa shape index (κ3) is 3.50. The first kappa shape index (κ1) is 14.5. The van der Waals surface area contributed by atoms with Gasteiger partial charge in [0.25, 0.3) is 0 Å². The van der Waals surface area contributed by atoms with Crippen molar-refractivity contribution in [2.24, 2.45) is 5.92 Å². The molecule has 0 fully saturated rings. The maximum Gasteiger partial charge on any atom is 0.145 e. The van der Waals surface area contributed by atoms with Crippen LogP contribution < -0.4 is 0 Å². The van der Waals surface area contributed by atoms with Gasteiger partial charge in [0.05, 0.1) is 5.69 Å². The predicted molar refractivity (Wildman–Crippen MR) is 126 cm³/mol. The number of nitrogens with zero attached hydrogens (tertiary/aromatic N) is 1. The second-order valence-corrected chi connectivity index (χ2v) is 7.88. The zero-order valence-electron chi connectivity index (χ0n) is 22.2. The number of para-hydroxylation sites is 1. The van der Waals surface area contributed by atoms with Gasteiger partial charge in [-0.05, 0) is 66.2 Å². The van der Waals surface area contributed by atoms with Crippen molar-refractivity contribution in [1.82, 2.24) is 4.98 Å². The van der Waals surface area contributed by atoms with Gasteiger partial charge in [-0.2, -0.15) is 0 Å². The third-order valence-electron chi connectivity index (χ3n) is 5.29. The van der Waals surface area contributed by atoms with Gasteiger partial charge in [0.15, 0.2) is 0 Å². The number of aryl methyl sites for hydroxylation is 1. The Bertz CT molecular complexity index is 1590. The number of furan rings is 1. The lowest BCUT2D eigenvalue weighted by molar-refractivity contribution is 0.628. The van der Waals surface area contributed by atoms with Gasteiger partial charge in [-0.3, -0.25) is 4.98 Å². The number of benzene rings is 3. The molecular weight excluding hydrogens is 385 g/mol. The van der Waals surface area contributed by atoms with Gasteiger partial charge in [0.2, 0.25) is 0 Å². The highest BCUT2D eigenvalue weighted by Crippen LogP contribution is 2.41. The molecule has 0 saturated heterocycles. The molecule has 0 saturated carbocycles. The summed E-state index contributed by atoms with van der Waals surface area (Å²) in [6.07, 6.45) is -0.0138. The molecule has 154 valence electrons. The van der Waals surface area contributed by atoms with Gasteiger partial charge in [-0.1, -0.05) is 50.2 Å². The lowest BCUT2D eigenvalue weighted by atomic mass is 9.98. The highest BCUT2D eigenvalue weighted by atomic mass is 19.1. The van der Waals surface area contributed by atoms with E-state index in [4.69, 9.17) is 11.3 Å². The number of hydrogen-bond donors (Lipinski definition) is 0. The molecule has 0 aliphatic carbocycles. The zero-order chi connectivity index (χ0) is 25.8. The smallest absolute Gasteiger partial charge is 0.145 e.